The Kier molecular flexibility index (Phi) is 2.56. The molecule has 3 heteroatoms. The van der Waals surface area contributed by atoms with Gasteiger partial charge in [0.1, 0.15) is 0 Å². The number of carbonyl (C=O) groups is 1. The zero-order valence-corrected chi connectivity index (χ0v) is 8.95. The lowest BCUT2D eigenvalue weighted by atomic mass is 10.1. The van der Waals surface area contributed by atoms with Gasteiger partial charge in [-0.3, -0.25) is 4.79 Å². The first kappa shape index (κ1) is 9.93. The first-order valence-electron chi connectivity index (χ1n) is 4.95. The summed E-state index contributed by atoms with van der Waals surface area (Å²) in [5.41, 5.74) is 1.86. The van der Waals surface area contributed by atoms with Crippen LogP contribution >= 0.6 is 0 Å². The van der Waals surface area contributed by atoms with Crippen LogP contribution in [0.25, 0.3) is 10.9 Å². The number of likely N-dealkylation sites (N-methyl/N-ethyl adjacent to an activating group) is 1. The normalized spacial score (nSPS) is 10.8. The number of carbonyl (C=O) groups excluding carboxylic acids is 1. The highest BCUT2D eigenvalue weighted by Crippen LogP contribution is 2.16. The number of fused-ring (bicyclic) bond motifs is 1. The van der Waals surface area contributed by atoms with Crippen LogP contribution in [0.1, 0.15) is 10.4 Å². The summed E-state index contributed by atoms with van der Waals surface area (Å²) < 4.78 is 2.02. The van der Waals surface area contributed by atoms with Gasteiger partial charge in [-0.25, -0.2) is 0 Å². The van der Waals surface area contributed by atoms with E-state index in [1.54, 1.807) is 7.05 Å². The molecule has 0 unspecified atom stereocenters. The highest BCUT2D eigenvalue weighted by atomic mass is 16.1. The highest BCUT2D eigenvalue weighted by Gasteiger charge is 2.06. The summed E-state index contributed by atoms with van der Waals surface area (Å²) in [5.74, 6) is 0.126. The molecule has 2 aromatic rings. The average Bonchev–Trinajstić information content (AvgIpc) is 2.60. The lowest BCUT2D eigenvalue weighted by Crippen LogP contribution is -2.18. The number of nitrogens with zero attached hydrogens (tertiary/aromatic N) is 1. The molecule has 0 saturated heterocycles. The summed E-state index contributed by atoms with van der Waals surface area (Å²) in [4.78, 5) is 11.6. The van der Waals surface area contributed by atoms with Crippen molar-refractivity contribution in [3.63, 3.8) is 0 Å². The first-order chi connectivity index (χ1) is 7.22. The van der Waals surface area contributed by atoms with Crippen molar-refractivity contribution < 1.29 is 4.79 Å². The van der Waals surface area contributed by atoms with Crippen molar-refractivity contribution in [2.75, 3.05) is 13.6 Å². The number of hydrogen-bond donors (Lipinski definition) is 1. The monoisotopic (exact) mass is 202 g/mol. The minimum absolute atomic E-state index is 0.126. The Labute approximate surface area is 88.7 Å². The quantitative estimate of drug-likeness (QED) is 0.767. The molecule has 0 saturated carbocycles. The van der Waals surface area contributed by atoms with Crippen LogP contribution in [-0.2, 0) is 7.05 Å². The summed E-state index contributed by atoms with van der Waals surface area (Å²) in [5, 5.41) is 4.03. The molecule has 0 aliphatic carbocycles. The molecule has 0 atom stereocenters. The Balaban J connectivity index is 2.45. The van der Waals surface area contributed by atoms with Gasteiger partial charge in [-0.05, 0) is 24.6 Å². The van der Waals surface area contributed by atoms with Crippen LogP contribution in [0.3, 0.4) is 0 Å². The van der Waals surface area contributed by atoms with Gasteiger partial charge < -0.3 is 9.88 Å². The van der Waals surface area contributed by atoms with Crippen LogP contribution in [0, 0.1) is 0 Å². The van der Waals surface area contributed by atoms with Crippen LogP contribution in [0.5, 0.6) is 0 Å². The van der Waals surface area contributed by atoms with Gasteiger partial charge >= 0.3 is 0 Å². The van der Waals surface area contributed by atoms with Gasteiger partial charge in [-0.1, -0.05) is 12.1 Å². The van der Waals surface area contributed by atoms with Crippen molar-refractivity contribution in [2.45, 2.75) is 0 Å². The third-order valence-electron chi connectivity index (χ3n) is 2.55. The molecule has 1 aromatic carbocycles. The van der Waals surface area contributed by atoms with Crippen LogP contribution in [-0.4, -0.2) is 23.9 Å². The van der Waals surface area contributed by atoms with Crippen LogP contribution in [0.4, 0.5) is 0 Å². The number of hydrogen-bond acceptors (Lipinski definition) is 2. The summed E-state index contributed by atoms with van der Waals surface area (Å²) in [6.07, 6.45) is 2.00. The summed E-state index contributed by atoms with van der Waals surface area (Å²) in [7, 11) is 3.76. The summed E-state index contributed by atoms with van der Waals surface area (Å²) in [6, 6.07) is 7.84. The van der Waals surface area contributed by atoms with E-state index in [0.717, 1.165) is 11.1 Å². The number of aryl methyl sites for hydroxylation is 1. The molecule has 0 aliphatic heterocycles. The third-order valence-corrected chi connectivity index (χ3v) is 2.55. The second kappa shape index (κ2) is 3.87. The Hall–Kier alpha value is -1.61. The molecule has 0 spiro atoms. The molecule has 3 nitrogen and oxygen atoms in total. The van der Waals surface area contributed by atoms with E-state index in [2.05, 4.69) is 5.32 Å². The van der Waals surface area contributed by atoms with Crippen molar-refractivity contribution in [1.82, 2.24) is 9.88 Å². The predicted octanol–water partition coefficient (Wildman–Crippen LogP) is 1.58. The van der Waals surface area contributed by atoms with Crippen molar-refractivity contribution in [3.05, 3.63) is 36.0 Å². The fourth-order valence-electron chi connectivity index (χ4n) is 1.70. The second-order valence-electron chi connectivity index (χ2n) is 3.65. The smallest absolute Gasteiger partial charge is 0.176 e. The largest absolute Gasteiger partial charge is 0.351 e. The van der Waals surface area contributed by atoms with E-state index in [0.29, 0.717) is 6.54 Å². The number of rotatable bonds is 3. The molecule has 15 heavy (non-hydrogen) atoms. The zero-order valence-electron chi connectivity index (χ0n) is 8.95. The van der Waals surface area contributed by atoms with Crippen molar-refractivity contribution >= 4 is 16.7 Å². The topological polar surface area (TPSA) is 34.0 Å². The number of Topliss-reactive ketones (excluding diaryl/α,β-unsaturated/α-hetero) is 1. The maximum absolute atomic E-state index is 11.6. The van der Waals surface area contributed by atoms with Crippen LogP contribution in [0.15, 0.2) is 30.5 Å². The Morgan fingerprint density at radius 3 is 2.93 bits per heavy atom. The fourth-order valence-corrected chi connectivity index (χ4v) is 1.70. The van der Waals surface area contributed by atoms with Gasteiger partial charge in [-0.2, -0.15) is 0 Å². The van der Waals surface area contributed by atoms with Crippen molar-refractivity contribution in [1.29, 1.82) is 0 Å². The third kappa shape index (κ3) is 1.78. The van der Waals surface area contributed by atoms with E-state index in [1.807, 2.05) is 42.1 Å². The fraction of sp³-hybridized carbons (Fsp3) is 0.250. The minimum Gasteiger partial charge on any atom is -0.351 e. The van der Waals surface area contributed by atoms with Gasteiger partial charge in [0.25, 0.3) is 0 Å². The number of nitrogens with one attached hydrogen (secondary N) is 1. The molecule has 1 aromatic heterocycles. The molecule has 78 valence electrons. The van der Waals surface area contributed by atoms with Crippen LogP contribution < -0.4 is 5.32 Å². The van der Waals surface area contributed by atoms with Gasteiger partial charge in [0, 0.05) is 24.3 Å². The van der Waals surface area contributed by atoms with Gasteiger partial charge in [-0.15, -0.1) is 0 Å². The number of ketones is 1. The molecule has 0 fully saturated rings. The number of aromatic nitrogens is 1. The number of benzene rings is 1. The van der Waals surface area contributed by atoms with Crippen LogP contribution in [0.2, 0.25) is 0 Å². The van der Waals surface area contributed by atoms with Gasteiger partial charge in [0.15, 0.2) is 5.78 Å². The van der Waals surface area contributed by atoms with E-state index >= 15 is 0 Å². The molecular weight excluding hydrogens is 188 g/mol. The van der Waals surface area contributed by atoms with E-state index in [9.17, 15) is 4.79 Å². The summed E-state index contributed by atoms with van der Waals surface area (Å²) in [6.45, 7) is 0.385. The lowest BCUT2D eigenvalue weighted by Gasteiger charge is -2.02. The Morgan fingerprint density at radius 1 is 1.40 bits per heavy atom. The van der Waals surface area contributed by atoms with Gasteiger partial charge in [0.2, 0.25) is 0 Å². The average molecular weight is 202 g/mol. The highest BCUT2D eigenvalue weighted by molar-refractivity contribution is 6.00. The SMILES string of the molecule is CNCC(=O)c1ccc2ccn(C)c2c1. The van der Waals surface area contributed by atoms with Crippen molar-refractivity contribution in [2.24, 2.45) is 7.05 Å². The van der Waals surface area contributed by atoms with E-state index in [-0.39, 0.29) is 5.78 Å². The molecule has 0 bridgehead atoms. The van der Waals surface area contributed by atoms with Gasteiger partial charge in [0.05, 0.1) is 6.54 Å². The molecule has 0 radical (unpaired) electrons. The standard InChI is InChI=1S/C12H14N2O/c1-13-8-12(15)10-4-3-9-5-6-14(2)11(9)7-10/h3-7,13H,8H2,1-2H3. The molecule has 1 N–H and O–H groups in total. The molecule has 0 aliphatic rings. The lowest BCUT2D eigenvalue weighted by molar-refractivity contribution is 0.0993. The Morgan fingerprint density at radius 2 is 2.20 bits per heavy atom. The molecule has 1 heterocycles. The summed E-state index contributed by atoms with van der Waals surface area (Å²) >= 11 is 0. The second-order valence-corrected chi connectivity index (χ2v) is 3.65. The maximum Gasteiger partial charge on any atom is 0.176 e. The van der Waals surface area contributed by atoms with Crippen molar-refractivity contribution in [3.8, 4) is 0 Å². The minimum atomic E-state index is 0.126. The van der Waals surface area contributed by atoms with E-state index in [1.165, 1.54) is 5.39 Å². The zero-order chi connectivity index (χ0) is 10.8. The molecule has 2 rings (SSSR count). The first-order valence-corrected chi connectivity index (χ1v) is 4.95. The predicted molar refractivity (Wildman–Crippen MR) is 61.2 cm³/mol. The Bertz CT molecular complexity index is 499. The van der Waals surface area contributed by atoms with E-state index in [4.69, 9.17) is 0 Å². The maximum atomic E-state index is 11.6. The molecular formula is C12H14N2O. The van der Waals surface area contributed by atoms with E-state index < -0.39 is 0 Å². The molecule has 0 amide bonds.